The van der Waals surface area contributed by atoms with Gasteiger partial charge in [0.05, 0.1) is 5.56 Å². The molecule has 0 saturated carbocycles. The minimum absolute atomic E-state index is 0.592. The monoisotopic (exact) mass is 407 g/mol. The van der Waals surface area contributed by atoms with Gasteiger partial charge in [0.25, 0.3) is 0 Å². The number of piperidine rings is 1. The molecule has 3 aromatic carbocycles. The Morgan fingerprint density at radius 1 is 0.700 bits per heavy atom. The van der Waals surface area contributed by atoms with Gasteiger partial charge in [-0.2, -0.15) is 13.2 Å². The normalized spacial score (nSPS) is 15.2. The Bertz CT molecular complexity index is 938. The topological polar surface area (TPSA) is 3.24 Å². The Kier molecular flexibility index (Phi) is 6.05. The van der Waals surface area contributed by atoms with E-state index in [1.54, 1.807) is 12.1 Å². The molecule has 30 heavy (non-hydrogen) atoms. The van der Waals surface area contributed by atoms with Gasteiger partial charge in [-0.3, -0.25) is 4.90 Å². The van der Waals surface area contributed by atoms with E-state index >= 15 is 0 Å². The SMILES string of the molecule is FC(F)(F)c1ccc(CN2CCC(=C(c3ccccc3)c3ccccc3)CC2)cc1. The van der Waals surface area contributed by atoms with Crippen LogP contribution >= 0.6 is 0 Å². The molecule has 1 aliphatic heterocycles. The molecular formula is C26H24F3N. The van der Waals surface area contributed by atoms with Gasteiger partial charge in [0.1, 0.15) is 0 Å². The number of halogens is 3. The van der Waals surface area contributed by atoms with Gasteiger partial charge in [-0.15, -0.1) is 0 Å². The van der Waals surface area contributed by atoms with Crippen molar-refractivity contribution in [3.63, 3.8) is 0 Å². The van der Waals surface area contributed by atoms with Crippen LogP contribution in [0.5, 0.6) is 0 Å². The molecule has 0 bridgehead atoms. The number of hydrogen-bond acceptors (Lipinski definition) is 1. The van der Waals surface area contributed by atoms with Crippen molar-refractivity contribution in [2.75, 3.05) is 13.1 Å². The molecule has 154 valence electrons. The highest BCUT2D eigenvalue weighted by Crippen LogP contribution is 2.33. The number of likely N-dealkylation sites (tertiary alicyclic amines) is 1. The molecule has 0 aromatic heterocycles. The van der Waals surface area contributed by atoms with Crippen molar-refractivity contribution in [1.82, 2.24) is 4.90 Å². The van der Waals surface area contributed by atoms with E-state index < -0.39 is 11.7 Å². The molecule has 0 atom stereocenters. The van der Waals surface area contributed by atoms with Crippen LogP contribution in [0.2, 0.25) is 0 Å². The van der Waals surface area contributed by atoms with E-state index in [4.69, 9.17) is 0 Å². The van der Waals surface area contributed by atoms with Crippen LogP contribution in [0, 0.1) is 0 Å². The maximum Gasteiger partial charge on any atom is 0.416 e. The molecule has 1 fully saturated rings. The van der Waals surface area contributed by atoms with E-state index in [2.05, 4.69) is 53.4 Å². The summed E-state index contributed by atoms with van der Waals surface area (Å²) in [6.07, 6.45) is -2.37. The van der Waals surface area contributed by atoms with Crippen molar-refractivity contribution in [3.8, 4) is 0 Å². The molecule has 1 heterocycles. The second kappa shape index (κ2) is 8.88. The Morgan fingerprint density at radius 3 is 1.67 bits per heavy atom. The predicted molar refractivity (Wildman–Crippen MR) is 115 cm³/mol. The van der Waals surface area contributed by atoms with Crippen LogP contribution < -0.4 is 0 Å². The zero-order valence-electron chi connectivity index (χ0n) is 16.7. The van der Waals surface area contributed by atoms with Crippen LogP contribution in [0.1, 0.15) is 35.1 Å². The van der Waals surface area contributed by atoms with E-state index in [1.165, 1.54) is 34.4 Å². The fraction of sp³-hybridized carbons (Fsp3) is 0.231. The van der Waals surface area contributed by atoms with E-state index in [9.17, 15) is 13.2 Å². The molecular weight excluding hydrogens is 383 g/mol. The molecule has 1 saturated heterocycles. The number of alkyl halides is 3. The fourth-order valence-electron chi connectivity index (χ4n) is 4.07. The average Bonchev–Trinajstić information content (AvgIpc) is 2.76. The molecule has 4 rings (SSSR count). The van der Waals surface area contributed by atoms with E-state index in [1.807, 2.05) is 12.1 Å². The Morgan fingerprint density at radius 2 is 1.20 bits per heavy atom. The minimum atomic E-state index is -4.28. The van der Waals surface area contributed by atoms with Crippen molar-refractivity contribution in [2.45, 2.75) is 25.6 Å². The molecule has 0 N–H and O–H groups in total. The van der Waals surface area contributed by atoms with Crippen LogP contribution in [-0.2, 0) is 12.7 Å². The summed E-state index contributed by atoms with van der Waals surface area (Å²) in [6, 6.07) is 26.5. The summed E-state index contributed by atoms with van der Waals surface area (Å²) in [4.78, 5) is 2.32. The van der Waals surface area contributed by atoms with Crippen molar-refractivity contribution < 1.29 is 13.2 Å². The van der Waals surface area contributed by atoms with Crippen LogP contribution in [0.4, 0.5) is 13.2 Å². The average molecular weight is 407 g/mol. The zero-order chi connectivity index (χ0) is 21.0. The molecule has 1 nitrogen and oxygen atoms in total. The van der Waals surface area contributed by atoms with Crippen LogP contribution in [0.25, 0.3) is 5.57 Å². The Hall–Kier alpha value is -2.85. The van der Waals surface area contributed by atoms with Crippen molar-refractivity contribution in [3.05, 3.63) is 113 Å². The predicted octanol–water partition coefficient (Wildman–Crippen LogP) is 6.80. The van der Waals surface area contributed by atoms with Gasteiger partial charge >= 0.3 is 6.18 Å². The summed E-state index contributed by atoms with van der Waals surface area (Å²) in [7, 11) is 0. The van der Waals surface area contributed by atoms with E-state index in [0.29, 0.717) is 6.54 Å². The number of benzene rings is 3. The van der Waals surface area contributed by atoms with E-state index in [0.717, 1.165) is 31.5 Å². The third-order valence-corrected chi connectivity index (χ3v) is 5.63. The van der Waals surface area contributed by atoms with Gasteiger partial charge in [-0.1, -0.05) is 78.4 Å². The molecule has 0 amide bonds. The second-order valence-electron chi connectivity index (χ2n) is 7.68. The zero-order valence-corrected chi connectivity index (χ0v) is 16.7. The first-order valence-corrected chi connectivity index (χ1v) is 10.2. The number of nitrogens with zero attached hydrogens (tertiary/aromatic N) is 1. The van der Waals surface area contributed by atoms with Crippen molar-refractivity contribution in [2.24, 2.45) is 0 Å². The summed E-state index contributed by atoms with van der Waals surface area (Å²) in [5.41, 5.74) is 5.54. The third kappa shape index (κ3) is 4.82. The van der Waals surface area contributed by atoms with Gasteiger partial charge in [-0.05, 0) is 47.2 Å². The lowest BCUT2D eigenvalue weighted by molar-refractivity contribution is -0.137. The lowest BCUT2D eigenvalue weighted by Crippen LogP contribution is -2.30. The number of hydrogen-bond donors (Lipinski definition) is 0. The molecule has 1 aliphatic rings. The van der Waals surface area contributed by atoms with Gasteiger partial charge in [0.2, 0.25) is 0 Å². The van der Waals surface area contributed by atoms with Gasteiger partial charge < -0.3 is 0 Å². The largest absolute Gasteiger partial charge is 0.416 e. The quantitative estimate of drug-likeness (QED) is 0.459. The highest BCUT2D eigenvalue weighted by molar-refractivity contribution is 5.82. The maximum atomic E-state index is 12.8. The van der Waals surface area contributed by atoms with Gasteiger partial charge in [0, 0.05) is 19.6 Å². The first kappa shape index (κ1) is 20.4. The standard InChI is InChI=1S/C26H24F3N/c27-26(28,29)24-13-11-20(12-14-24)19-30-17-15-23(16-18-30)25(21-7-3-1-4-8-21)22-9-5-2-6-10-22/h1-14H,15-19H2. The molecule has 0 radical (unpaired) electrons. The molecule has 3 aromatic rings. The summed E-state index contributed by atoms with van der Waals surface area (Å²) in [5, 5.41) is 0. The minimum Gasteiger partial charge on any atom is -0.298 e. The van der Waals surface area contributed by atoms with E-state index in [-0.39, 0.29) is 0 Å². The molecule has 0 spiro atoms. The second-order valence-corrected chi connectivity index (χ2v) is 7.68. The molecule has 0 aliphatic carbocycles. The first-order valence-electron chi connectivity index (χ1n) is 10.2. The van der Waals surface area contributed by atoms with Crippen molar-refractivity contribution >= 4 is 5.57 Å². The summed E-state index contributed by atoms with van der Waals surface area (Å²) < 4.78 is 38.3. The maximum absolute atomic E-state index is 12.8. The number of rotatable bonds is 4. The first-order chi connectivity index (χ1) is 14.5. The van der Waals surface area contributed by atoms with Crippen LogP contribution in [0.3, 0.4) is 0 Å². The Labute approximate surface area is 175 Å². The van der Waals surface area contributed by atoms with Crippen LogP contribution in [0.15, 0.2) is 90.5 Å². The van der Waals surface area contributed by atoms with Crippen LogP contribution in [-0.4, -0.2) is 18.0 Å². The lowest BCUT2D eigenvalue weighted by Gasteiger charge is -2.30. The molecule has 4 heteroatoms. The highest BCUT2D eigenvalue weighted by Gasteiger charge is 2.30. The van der Waals surface area contributed by atoms with Crippen molar-refractivity contribution in [1.29, 1.82) is 0 Å². The van der Waals surface area contributed by atoms with Gasteiger partial charge in [-0.25, -0.2) is 0 Å². The lowest BCUT2D eigenvalue weighted by atomic mass is 9.88. The smallest absolute Gasteiger partial charge is 0.298 e. The Balaban J connectivity index is 1.50. The molecule has 0 unspecified atom stereocenters. The fourth-order valence-corrected chi connectivity index (χ4v) is 4.07. The summed E-state index contributed by atoms with van der Waals surface area (Å²) in [5.74, 6) is 0. The van der Waals surface area contributed by atoms with Gasteiger partial charge in [0.15, 0.2) is 0 Å². The summed E-state index contributed by atoms with van der Waals surface area (Å²) in [6.45, 7) is 2.48. The third-order valence-electron chi connectivity index (χ3n) is 5.63. The summed E-state index contributed by atoms with van der Waals surface area (Å²) >= 11 is 0. The highest BCUT2D eigenvalue weighted by atomic mass is 19.4.